The van der Waals surface area contributed by atoms with Gasteiger partial charge < -0.3 is 10.3 Å². The molecule has 0 radical (unpaired) electrons. The molecule has 3 rings (SSSR count). The summed E-state index contributed by atoms with van der Waals surface area (Å²) in [5.74, 6) is -0.00928. The molecule has 0 spiro atoms. The van der Waals surface area contributed by atoms with E-state index < -0.39 is 41.2 Å². The van der Waals surface area contributed by atoms with Crippen molar-refractivity contribution in [2.75, 3.05) is 6.54 Å². The Morgan fingerprint density at radius 2 is 1.74 bits per heavy atom. The molecule has 1 aliphatic heterocycles. The van der Waals surface area contributed by atoms with Crippen LogP contribution in [0.4, 0.5) is 30.7 Å². The first kappa shape index (κ1) is 16.0. The third kappa shape index (κ3) is 2.99. The number of aromatic nitrogens is 2. The molecule has 1 aliphatic rings. The van der Waals surface area contributed by atoms with Crippen LogP contribution in [-0.4, -0.2) is 22.7 Å². The van der Waals surface area contributed by atoms with Gasteiger partial charge >= 0.3 is 12.4 Å². The molecule has 1 aromatic carbocycles. The number of aromatic amines is 1. The summed E-state index contributed by atoms with van der Waals surface area (Å²) in [7, 11) is 0. The quantitative estimate of drug-likeness (QED) is 0.771. The van der Waals surface area contributed by atoms with Gasteiger partial charge in [0.25, 0.3) is 0 Å². The minimum atomic E-state index is -4.99. The van der Waals surface area contributed by atoms with Gasteiger partial charge in [-0.2, -0.15) is 26.3 Å². The molecule has 0 bridgehead atoms. The Hall–Kier alpha value is -1.84. The van der Waals surface area contributed by atoms with E-state index in [1.165, 1.54) is 0 Å². The fourth-order valence-electron chi connectivity index (χ4n) is 2.58. The molecule has 10 heteroatoms. The van der Waals surface area contributed by atoms with Gasteiger partial charge in [0.1, 0.15) is 17.5 Å². The Labute approximate surface area is 124 Å². The van der Waals surface area contributed by atoms with Crippen LogP contribution in [0.3, 0.4) is 0 Å². The molecule has 2 aromatic rings. The van der Waals surface area contributed by atoms with Crippen LogP contribution >= 0.6 is 0 Å². The molecule has 0 aliphatic carbocycles. The molecule has 23 heavy (non-hydrogen) atoms. The lowest BCUT2D eigenvalue weighted by atomic mass is 10.1. The van der Waals surface area contributed by atoms with Gasteiger partial charge in [-0.25, -0.2) is 9.37 Å². The molecule has 2 unspecified atom stereocenters. The van der Waals surface area contributed by atoms with Gasteiger partial charge in [0.15, 0.2) is 0 Å². The smallest absolute Gasteiger partial charge is 0.341 e. The molecule has 0 saturated carbocycles. The number of rotatable bonds is 1. The predicted octanol–water partition coefficient (Wildman–Crippen LogP) is 3.97. The van der Waals surface area contributed by atoms with Crippen LogP contribution < -0.4 is 5.32 Å². The van der Waals surface area contributed by atoms with Crippen molar-refractivity contribution in [1.82, 2.24) is 15.3 Å². The zero-order chi connectivity index (χ0) is 17.0. The molecule has 1 fully saturated rings. The Kier molecular flexibility index (Phi) is 3.54. The molecule has 2 atom stereocenters. The fraction of sp³-hybridized carbons (Fsp3) is 0.462. The molecular formula is C13H10F7N3. The second kappa shape index (κ2) is 5.08. The van der Waals surface area contributed by atoms with Crippen molar-refractivity contribution in [2.45, 2.75) is 31.0 Å². The number of hydrogen-bond acceptors (Lipinski definition) is 2. The third-order valence-electron chi connectivity index (χ3n) is 3.64. The lowest BCUT2D eigenvalue weighted by Gasteiger charge is -2.11. The first-order valence-corrected chi connectivity index (χ1v) is 6.61. The number of benzene rings is 1. The number of fused-ring (bicyclic) bond motifs is 1. The molecular weight excluding hydrogens is 331 g/mol. The van der Waals surface area contributed by atoms with Crippen molar-refractivity contribution in [1.29, 1.82) is 0 Å². The highest BCUT2D eigenvalue weighted by atomic mass is 19.4. The van der Waals surface area contributed by atoms with E-state index >= 15 is 0 Å². The first-order valence-electron chi connectivity index (χ1n) is 6.61. The van der Waals surface area contributed by atoms with Crippen molar-refractivity contribution < 1.29 is 30.7 Å². The van der Waals surface area contributed by atoms with E-state index in [1.807, 2.05) is 0 Å². The topological polar surface area (TPSA) is 40.7 Å². The lowest BCUT2D eigenvalue weighted by molar-refractivity contribution is -0.142. The minimum absolute atomic E-state index is 0.00665. The summed E-state index contributed by atoms with van der Waals surface area (Å²) in [4.78, 5) is 6.19. The summed E-state index contributed by atoms with van der Waals surface area (Å²) in [6.45, 7) is 0.0155. The molecule has 126 valence electrons. The van der Waals surface area contributed by atoms with Gasteiger partial charge in [0, 0.05) is 13.0 Å². The van der Waals surface area contributed by atoms with Gasteiger partial charge in [0.2, 0.25) is 0 Å². The average Bonchev–Trinajstić information content (AvgIpc) is 3.00. The van der Waals surface area contributed by atoms with E-state index in [-0.39, 0.29) is 30.4 Å². The summed E-state index contributed by atoms with van der Waals surface area (Å²) in [6.07, 6.45) is -11.1. The van der Waals surface area contributed by atoms with Crippen molar-refractivity contribution >= 4 is 11.0 Å². The van der Waals surface area contributed by atoms with Crippen LogP contribution in [0.15, 0.2) is 12.1 Å². The van der Waals surface area contributed by atoms with Crippen molar-refractivity contribution in [3.8, 4) is 0 Å². The maximum absolute atomic E-state index is 13.2. The lowest BCUT2D eigenvalue weighted by Crippen LogP contribution is -2.15. The number of nitrogens with one attached hydrogen (secondary N) is 2. The molecule has 2 heterocycles. The molecule has 1 aromatic heterocycles. The highest BCUT2D eigenvalue weighted by molar-refractivity contribution is 5.80. The van der Waals surface area contributed by atoms with Crippen molar-refractivity contribution in [2.24, 2.45) is 0 Å². The number of alkyl halides is 7. The maximum atomic E-state index is 13.2. The van der Waals surface area contributed by atoms with Crippen LogP contribution in [0.5, 0.6) is 0 Å². The molecule has 3 nitrogen and oxygen atoms in total. The minimum Gasteiger partial charge on any atom is -0.341 e. The highest BCUT2D eigenvalue weighted by Gasteiger charge is 2.39. The van der Waals surface area contributed by atoms with E-state index in [4.69, 9.17) is 0 Å². The van der Waals surface area contributed by atoms with Crippen LogP contribution in [0.2, 0.25) is 0 Å². The summed E-state index contributed by atoms with van der Waals surface area (Å²) in [5, 5.41) is 2.71. The van der Waals surface area contributed by atoms with E-state index in [9.17, 15) is 30.7 Å². The monoisotopic (exact) mass is 341 g/mol. The zero-order valence-corrected chi connectivity index (χ0v) is 11.3. The van der Waals surface area contributed by atoms with Crippen molar-refractivity contribution in [3.05, 3.63) is 29.1 Å². The largest absolute Gasteiger partial charge is 0.418 e. The number of nitrogens with zero attached hydrogens (tertiary/aromatic N) is 1. The Morgan fingerprint density at radius 1 is 1.04 bits per heavy atom. The highest BCUT2D eigenvalue weighted by Crippen LogP contribution is 2.40. The molecule has 2 N–H and O–H groups in total. The number of hydrogen-bond donors (Lipinski definition) is 2. The summed E-state index contributed by atoms with van der Waals surface area (Å²) in [5.41, 5.74) is -3.88. The van der Waals surface area contributed by atoms with Crippen LogP contribution in [0.25, 0.3) is 11.0 Å². The molecule has 0 amide bonds. The van der Waals surface area contributed by atoms with E-state index in [1.54, 1.807) is 0 Å². The van der Waals surface area contributed by atoms with Crippen LogP contribution in [0.1, 0.15) is 29.4 Å². The standard InChI is InChI=1S/C13H10F7N3/c14-6-3-9(21-4-6)11-22-8-2-5(12(15,16)17)1-7(10(8)23-11)13(18,19)20/h1-2,6,9,21H,3-4H2,(H,22,23). The van der Waals surface area contributed by atoms with Gasteiger partial charge in [-0.05, 0) is 12.1 Å². The van der Waals surface area contributed by atoms with Gasteiger partial charge in [-0.1, -0.05) is 0 Å². The summed E-state index contributed by atoms with van der Waals surface area (Å²) in [6, 6.07) is -0.0523. The maximum Gasteiger partial charge on any atom is 0.418 e. The summed E-state index contributed by atoms with van der Waals surface area (Å²) < 4.78 is 90.6. The normalized spacial score (nSPS) is 22.9. The third-order valence-corrected chi connectivity index (χ3v) is 3.64. The SMILES string of the molecule is FC1CNC(c2nc3c(C(F)(F)F)cc(C(F)(F)F)cc3[nH]2)C1. The second-order valence-electron chi connectivity index (χ2n) is 5.33. The van der Waals surface area contributed by atoms with Crippen molar-refractivity contribution in [3.63, 3.8) is 0 Å². The van der Waals surface area contributed by atoms with Crippen LogP contribution in [-0.2, 0) is 12.4 Å². The van der Waals surface area contributed by atoms with E-state index in [0.717, 1.165) is 0 Å². The zero-order valence-electron chi connectivity index (χ0n) is 11.3. The number of H-pyrrole nitrogens is 1. The average molecular weight is 341 g/mol. The van der Waals surface area contributed by atoms with E-state index in [2.05, 4.69) is 15.3 Å². The van der Waals surface area contributed by atoms with Gasteiger partial charge in [0.05, 0.1) is 22.7 Å². The van der Waals surface area contributed by atoms with E-state index in [0.29, 0.717) is 6.07 Å². The second-order valence-corrected chi connectivity index (χ2v) is 5.33. The Morgan fingerprint density at radius 3 is 2.26 bits per heavy atom. The summed E-state index contributed by atoms with van der Waals surface area (Å²) >= 11 is 0. The number of halogens is 7. The first-order chi connectivity index (χ1) is 10.6. The Bertz CT molecular complexity index is 731. The fourth-order valence-corrected chi connectivity index (χ4v) is 2.58. The van der Waals surface area contributed by atoms with Crippen LogP contribution in [0, 0.1) is 0 Å². The molecule has 1 saturated heterocycles. The predicted molar refractivity (Wildman–Crippen MR) is 66.4 cm³/mol. The van der Waals surface area contributed by atoms with Gasteiger partial charge in [-0.3, -0.25) is 0 Å². The van der Waals surface area contributed by atoms with Gasteiger partial charge in [-0.15, -0.1) is 0 Å². The number of imidazole rings is 1. The Balaban J connectivity index is 2.16.